The molecule has 1 atom stereocenters. The smallest absolute Gasteiger partial charge is 0.0566 e. The van der Waals surface area contributed by atoms with Gasteiger partial charge in [0.15, 0.2) is 0 Å². The number of para-hydroxylation sites is 3. The molecule has 28 heavy (non-hydrogen) atoms. The van der Waals surface area contributed by atoms with E-state index in [1.807, 2.05) is 24.3 Å². The van der Waals surface area contributed by atoms with E-state index in [0.717, 1.165) is 29.0 Å². The molecule has 2 heteroatoms. The van der Waals surface area contributed by atoms with E-state index >= 15 is 0 Å². The molecule has 0 spiro atoms. The minimum atomic E-state index is -0.438. The van der Waals surface area contributed by atoms with Crippen molar-refractivity contribution in [1.29, 1.82) is 0 Å². The van der Waals surface area contributed by atoms with Gasteiger partial charge in [-0.15, -0.1) is 0 Å². The predicted molar refractivity (Wildman–Crippen MR) is 120 cm³/mol. The second-order valence-corrected chi connectivity index (χ2v) is 7.00. The number of nitrogens with zero attached hydrogens (tertiary/aromatic N) is 1. The van der Waals surface area contributed by atoms with E-state index in [0.29, 0.717) is 0 Å². The average molecular weight is 364 g/mol. The van der Waals surface area contributed by atoms with Crippen LogP contribution in [0.15, 0.2) is 115 Å². The summed E-state index contributed by atoms with van der Waals surface area (Å²) in [4.78, 5) is 2.28. The largest absolute Gasteiger partial charge is 0.318 e. The molecular weight excluding hydrogens is 340 g/mol. The molecule has 2 N–H and O–H groups in total. The van der Waals surface area contributed by atoms with Crippen molar-refractivity contribution in [2.24, 2.45) is 5.73 Å². The highest BCUT2D eigenvalue weighted by molar-refractivity contribution is 5.82. The van der Waals surface area contributed by atoms with Gasteiger partial charge in [0, 0.05) is 11.4 Å². The molecule has 0 aromatic heterocycles. The van der Waals surface area contributed by atoms with Gasteiger partial charge in [-0.3, -0.25) is 0 Å². The second-order valence-electron chi connectivity index (χ2n) is 7.00. The Morgan fingerprint density at radius 1 is 0.750 bits per heavy atom. The van der Waals surface area contributed by atoms with Gasteiger partial charge >= 0.3 is 0 Å². The number of hydrogen-bond acceptors (Lipinski definition) is 2. The van der Waals surface area contributed by atoms with Crippen molar-refractivity contribution in [3.8, 4) is 0 Å². The van der Waals surface area contributed by atoms with Crippen LogP contribution in [0.1, 0.15) is 12.0 Å². The summed E-state index contributed by atoms with van der Waals surface area (Å²) in [5.74, 6) is 0. The summed E-state index contributed by atoms with van der Waals surface area (Å²) >= 11 is 0. The zero-order valence-electron chi connectivity index (χ0n) is 15.8. The van der Waals surface area contributed by atoms with E-state index in [9.17, 15) is 0 Å². The molecule has 1 aliphatic carbocycles. The summed E-state index contributed by atoms with van der Waals surface area (Å²) in [5.41, 5.74) is 10.6. The van der Waals surface area contributed by atoms with Gasteiger partial charge in [0.2, 0.25) is 0 Å². The van der Waals surface area contributed by atoms with Crippen molar-refractivity contribution in [2.45, 2.75) is 12.0 Å². The number of rotatable bonds is 5. The van der Waals surface area contributed by atoms with Crippen LogP contribution in [0.2, 0.25) is 0 Å². The van der Waals surface area contributed by atoms with Crippen molar-refractivity contribution >= 4 is 23.1 Å². The SMILES string of the molecule is NC1(C=Cc2ccccc2N(c2ccccc2)c2ccccc2)C=CC=CC1. The molecule has 1 unspecified atom stereocenters. The van der Waals surface area contributed by atoms with Crippen LogP contribution < -0.4 is 10.6 Å². The summed E-state index contributed by atoms with van der Waals surface area (Å²) in [7, 11) is 0. The molecule has 0 radical (unpaired) electrons. The average Bonchev–Trinajstić information content (AvgIpc) is 2.75. The van der Waals surface area contributed by atoms with Gasteiger partial charge in [-0.1, -0.05) is 91.1 Å². The van der Waals surface area contributed by atoms with E-state index in [2.05, 4.69) is 102 Å². The van der Waals surface area contributed by atoms with Crippen molar-refractivity contribution in [2.75, 3.05) is 4.90 Å². The third-order valence-electron chi connectivity index (χ3n) is 4.90. The van der Waals surface area contributed by atoms with E-state index in [4.69, 9.17) is 5.73 Å². The lowest BCUT2D eigenvalue weighted by atomic mass is 9.91. The molecule has 0 aliphatic heterocycles. The first-order chi connectivity index (χ1) is 13.8. The van der Waals surface area contributed by atoms with Crippen molar-refractivity contribution in [3.63, 3.8) is 0 Å². The first-order valence-corrected chi connectivity index (χ1v) is 9.57. The minimum Gasteiger partial charge on any atom is -0.318 e. The Hall–Kier alpha value is -3.36. The molecule has 2 nitrogen and oxygen atoms in total. The predicted octanol–water partition coefficient (Wildman–Crippen LogP) is 6.38. The molecule has 138 valence electrons. The molecule has 0 saturated carbocycles. The molecule has 0 amide bonds. The molecule has 0 heterocycles. The van der Waals surface area contributed by atoms with E-state index < -0.39 is 5.54 Å². The van der Waals surface area contributed by atoms with Gasteiger partial charge in [0.25, 0.3) is 0 Å². The fourth-order valence-corrected chi connectivity index (χ4v) is 3.44. The molecule has 0 fully saturated rings. The van der Waals surface area contributed by atoms with Crippen LogP contribution in [-0.4, -0.2) is 5.54 Å². The Morgan fingerprint density at radius 3 is 1.96 bits per heavy atom. The molecule has 0 bridgehead atoms. The van der Waals surface area contributed by atoms with Gasteiger partial charge < -0.3 is 10.6 Å². The molecule has 3 aromatic carbocycles. The summed E-state index contributed by atoms with van der Waals surface area (Å²) in [5, 5.41) is 0. The third kappa shape index (κ3) is 3.98. The highest BCUT2D eigenvalue weighted by atomic mass is 15.1. The van der Waals surface area contributed by atoms with E-state index in [1.165, 1.54) is 0 Å². The van der Waals surface area contributed by atoms with Gasteiger partial charge in [-0.25, -0.2) is 0 Å². The highest BCUT2D eigenvalue weighted by Gasteiger charge is 2.18. The van der Waals surface area contributed by atoms with Crippen LogP contribution in [0.3, 0.4) is 0 Å². The molecule has 3 aromatic rings. The summed E-state index contributed by atoms with van der Waals surface area (Å²) in [6.07, 6.45) is 13.3. The Labute approximate surface area is 166 Å². The fourth-order valence-electron chi connectivity index (χ4n) is 3.44. The normalized spacial score (nSPS) is 18.5. The lowest BCUT2D eigenvalue weighted by Crippen LogP contribution is -2.35. The molecule has 4 rings (SSSR count). The van der Waals surface area contributed by atoms with Crippen molar-refractivity contribution in [1.82, 2.24) is 0 Å². The lowest BCUT2D eigenvalue weighted by molar-refractivity contribution is 0.663. The molecular formula is C26H24N2. The number of benzene rings is 3. The maximum atomic E-state index is 6.52. The van der Waals surface area contributed by atoms with Gasteiger partial charge in [0.05, 0.1) is 11.2 Å². The fraction of sp³-hybridized carbons (Fsp3) is 0.0769. The molecule has 1 aliphatic rings. The van der Waals surface area contributed by atoms with Crippen LogP contribution in [0.5, 0.6) is 0 Å². The van der Waals surface area contributed by atoms with Gasteiger partial charge in [-0.2, -0.15) is 0 Å². The first-order valence-electron chi connectivity index (χ1n) is 9.57. The quantitative estimate of drug-likeness (QED) is 0.569. The topological polar surface area (TPSA) is 29.3 Å². The van der Waals surface area contributed by atoms with Crippen LogP contribution in [0.4, 0.5) is 17.1 Å². The minimum absolute atomic E-state index is 0.438. The summed E-state index contributed by atoms with van der Waals surface area (Å²) in [6.45, 7) is 0. The van der Waals surface area contributed by atoms with Gasteiger partial charge in [0.1, 0.15) is 0 Å². The van der Waals surface area contributed by atoms with Crippen molar-refractivity contribution in [3.05, 3.63) is 121 Å². The summed E-state index contributed by atoms with van der Waals surface area (Å²) < 4.78 is 0. The maximum absolute atomic E-state index is 6.52. The Morgan fingerprint density at radius 2 is 1.36 bits per heavy atom. The standard InChI is InChI=1S/C26H24N2/c27-26(19-10-3-11-20-26)21-18-22-12-8-9-17-25(22)28(23-13-4-1-5-14-23)24-15-6-2-7-16-24/h1-19,21H,20,27H2. The Balaban J connectivity index is 1.78. The van der Waals surface area contributed by atoms with Crippen LogP contribution in [0, 0.1) is 0 Å². The van der Waals surface area contributed by atoms with Crippen LogP contribution >= 0.6 is 0 Å². The lowest BCUT2D eigenvalue weighted by Gasteiger charge is -2.27. The number of nitrogens with two attached hydrogens (primary N) is 1. The molecule has 0 saturated heterocycles. The number of anilines is 3. The van der Waals surface area contributed by atoms with Crippen molar-refractivity contribution < 1.29 is 0 Å². The third-order valence-corrected chi connectivity index (χ3v) is 4.90. The Kier molecular flexibility index (Phi) is 5.22. The second kappa shape index (κ2) is 8.12. The van der Waals surface area contributed by atoms with Crippen LogP contribution in [0.25, 0.3) is 6.08 Å². The van der Waals surface area contributed by atoms with Gasteiger partial charge in [-0.05, 0) is 42.3 Å². The zero-order chi connectivity index (χ0) is 19.2. The monoisotopic (exact) mass is 364 g/mol. The van der Waals surface area contributed by atoms with E-state index in [-0.39, 0.29) is 0 Å². The zero-order valence-corrected chi connectivity index (χ0v) is 15.8. The number of hydrogen-bond donors (Lipinski definition) is 1. The Bertz CT molecular complexity index is 963. The first kappa shape index (κ1) is 18.0. The van der Waals surface area contributed by atoms with Crippen LogP contribution in [-0.2, 0) is 0 Å². The maximum Gasteiger partial charge on any atom is 0.0566 e. The van der Waals surface area contributed by atoms with E-state index in [1.54, 1.807) is 0 Å². The number of allylic oxidation sites excluding steroid dienone is 2. The highest BCUT2D eigenvalue weighted by Crippen LogP contribution is 2.37. The summed E-state index contributed by atoms with van der Waals surface area (Å²) in [6, 6.07) is 29.3.